The van der Waals surface area contributed by atoms with Crippen LogP contribution < -0.4 is 5.01 Å². The van der Waals surface area contributed by atoms with Crippen LogP contribution in [-0.2, 0) is 0 Å². The SMILES string of the molecule is N=C1CC=NN1c1ccccc1. The van der Waals surface area contributed by atoms with Crippen molar-refractivity contribution in [1.82, 2.24) is 0 Å². The second-order valence-corrected chi connectivity index (χ2v) is 2.60. The molecule has 0 bridgehead atoms. The van der Waals surface area contributed by atoms with Gasteiger partial charge < -0.3 is 0 Å². The number of benzene rings is 1. The average molecular weight is 159 g/mol. The molecule has 0 aromatic heterocycles. The topological polar surface area (TPSA) is 39.5 Å². The van der Waals surface area contributed by atoms with Crippen LogP contribution in [0, 0.1) is 5.41 Å². The molecular formula is C9H9N3. The van der Waals surface area contributed by atoms with Gasteiger partial charge in [-0.2, -0.15) is 5.10 Å². The summed E-state index contributed by atoms with van der Waals surface area (Å²) in [5, 5.41) is 13.3. The van der Waals surface area contributed by atoms with Gasteiger partial charge in [0.1, 0.15) is 5.84 Å². The largest absolute Gasteiger partial charge is 0.286 e. The fourth-order valence-corrected chi connectivity index (χ4v) is 1.16. The first kappa shape index (κ1) is 7.03. The van der Waals surface area contributed by atoms with Gasteiger partial charge in [-0.25, -0.2) is 5.01 Å². The number of rotatable bonds is 1. The van der Waals surface area contributed by atoms with Crippen LogP contribution in [0.3, 0.4) is 0 Å². The summed E-state index contributed by atoms with van der Waals surface area (Å²) in [6, 6.07) is 9.72. The Hall–Kier alpha value is -1.64. The summed E-state index contributed by atoms with van der Waals surface area (Å²) in [5.74, 6) is 0.529. The summed E-state index contributed by atoms with van der Waals surface area (Å²) in [6.45, 7) is 0. The van der Waals surface area contributed by atoms with Gasteiger partial charge in [0.15, 0.2) is 0 Å². The zero-order valence-corrected chi connectivity index (χ0v) is 6.57. The van der Waals surface area contributed by atoms with Gasteiger partial charge in [0.05, 0.1) is 5.69 Å². The van der Waals surface area contributed by atoms with Crippen LogP contribution in [0.1, 0.15) is 6.42 Å². The van der Waals surface area contributed by atoms with E-state index in [1.807, 2.05) is 30.3 Å². The van der Waals surface area contributed by atoms with E-state index in [9.17, 15) is 0 Å². The van der Waals surface area contributed by atoms with Crippen molar-refractivity contribution in [2.24, 2.45) is 5.10 Å². The minimum Gasteiger partial charge on any atom is -0.286 e. The molecular weight excluding hydrogens is 150 g/mol. The Morgan fingerprint density at radius 2 is 2.00 bits per heavy atom. The van der Waals surface area contributed by atoms with Crippen molar-refractivity contribution in [3.63, 3.8) is 0 Å². The van der Waals surface area contributed by atoms with Crippen LogP contribution in [0.5, 0.6) is 0 Å². The molecule has 1 aromatic carbocycles. The van der Waals surface area contributed by atoms with Crippen molar-refractivity contribution in [3.8, 4) is 0 Å². The molecule has 1 heterocycles. The van der Waals surface area contributed by atoms with Crippen molar-refractivity contribution in [3.05, 3.63) is 30.3 Å². The van der Waals surface area contributed by atoms with Gasteiger partial charge in [-0.3, -0.25) is 5.41 Å². The van der Waals surface area contributed by atoms with Crippen LogP contribution in [0.4, 0.5) is 5.69 Å². The second kappa shape index (κ2) is 2.77. The number of amidine groups is 1. The molecule has 1 aromatic rings. The van der Waals surface area contributed by atoms with E-state index < -0.39 is 0 Å². The molecule has 3 heteroatoms. The zero-order valence-electron chi connectivity index (χ0n) is 6.57. The highest BCUT2D eigenvalue weighted by Gasteiger charge is 2.13. The van der Waals surface area contributed by atoms with Crippen LogP contribution in [-0.4, -0.2) is 12.1 Å². The van der Waals surface area contributed by atoms with E-state index in [0.717, 1.165) is 5.69 Å². The summed E-state index contributed by atoms with van der Waals surface area (Å²) >= 11 is 0. The second-order valence-electron chi connectivity index (χ2n) is 2.60. The number of para-hydroxylation sites is 1. The van der Waals surface area contributed by atoms with E-state index in [2.05, 4.69) is 5.10 Å². The van der Waals surface area contributed by atoms with Crippen LogP contribution in [0.2, 0.25) is 0 Å². The molecule has 0 radical (unpaired) electrons. The summed E-state index contributed by atoms with van der Waals surface area (Å²) < 4.78 is 0. The van der Waals surface area contributed by atoms with E-state index >= 15 is 0 Å². The summed E-state index contributed by atoms with van der Waals surface area (Å²) in [5.41, 5.74) is 0.955. The first-order valence-electron chi connectivity index (χ1n) is 3.83. The first-order chi connectivity index (χ1) is 5.88. The summed E-state index contributed by atoms with van der Waals surface area (Å²) in [6.07, 6.45) is 2.38. The highest BCUT2D eigenvalue weighted by atomic mass is 15.5. The smallest absolute Gasteiger partial charge is 0.128 e. The molecule has 1 aliphatic rings. The molecule has 0 saturated carbocycles. The molecule has 1 N–H and O–H groups in total. The number of hydrazone groups is 1. The highest BCUT2D eigenvalue weighted by molar-refractivity contribution is 6.06. The Morgan fingerprint density at radius 3 is 2.58 bits per heavy atom. The van der Waals surface area contributed by atoms with Gasteiger partial charge in [0.25, 0.3) is 0 Å². The first-order valence-corrected chi connectivity index (χ1v) is 3.83. The summed E-state index contributed by atoms with van der Waals surface area (Å²) in [7, 11) is 0. The molecule has 0 fully saturated rings. The Labute approximate surface area is 70.8 Å². The fraction of sp³-hybridized carbons (Fsp3) is 0.111. The van der Waals surface area contributed by atoms with Gasteiger partial charge in [-0.1, -0.05) is 18.2 Å². The Bertz CT molecular complexity index is 316. The van der Waals surface area contributed by atoms with E-state index in [0.29, 0.717) is 12.3 Å². The fourth-order valence-electron chi connectivity index (χ4n) is 1.16. The average Bonchev–Trinajstić information content (AvgIpc) is 2.53. The van der Waals surface area contributed by atoms with E-state index in [-0.39, 0.29) is 0 Å². The minimum atomic E-state index is 0.529. The molecule has 60 valence electrons. The minimum absolute atomic E-state index is 0.529. The third kappa shape index (κ3) is 1.09. The van der Waals surface area contributed by atoms with Gasteiger partial charge in [0, 0.05) is 12.6 Å². The lowest BCUT2D eigenvalue weighted by Gasteiger charge is -2.12. The van der Waals surface area contributed by atoms with Gasteiger partial charge in [0.2, 0.25) is 0 Å². The van der Waals surface area contributed by atoms with Gasteiger partial charge in [-0.05, 0) is 12.1 Å². The molecule has 0 amide bonds. The number of nitrogens with one attached hydrogen (secondary N) is 1. The van der Waals surface area contributed by atoms with Crippen LogP contribution in [0.15, 0.2) is 35.4 Å². The molecule has 0 unspecified atom stereocenters. The van der Waals surface area contributed by atoms with E-state index in [4.69, 9.17) is 5.41 Å². The molecule has 1 aliphatic heterocycles. The molecule has 12 heavy (non-hydrogen) atoms. The lowest BCUT2D eigenvalue weighted by Crippen LogP contribution is -2.18. The van der Waals surface area contributed by atoms with Crippen LogP contribution in [0.25, 0.3) is 0 Å². The number of hydrogen-bond donors (Lipinski definition) is 1. The Morgan fingerprint density at radius 1 is 1.25 bits per heavy atom. The van der Waals surface area contributed by atoms with Crippen molar-refractivity contribution in [2.75, 3.05) is 5.01 Å². The maximum atomic E-state index is 7.54. The maximum absolute atomic E-state index is 7.54. The zero-order chi connectivity index (χ0) is 8.39. The molecule has 3 nitrogen and oxygen atoms in total. The third-order valence-corrected chi connectivity index (χ3v) is 1.74. The van der Waals surface area contributed by atoms with Crippen LogP contribution >= 0.6 is 0 Å². The lowest BCUT2D eigenvalue weighted by atomic mass is 10.3. The standard InChI is InChI=1S/C9H9N3/c10-9-6-7-11-12(9)8-4-2-1-3-5-8/h1-5,7,10H,6H2. The molecule has 0 atom stereocenters. The van der Waals surface area contributed by atoms with E-state index in [1.165, 1.54) is 0 Å². The number of nitrogens with zero attached hydrogens (tertiary/aromatic N) is 2. The Balaban J connectivity index is 2.31. The maximum Gasteiger partial charge on any atom is 0.128 e. The van der Waals surface area contributed by atoms with Crippen molar-refractivity contribution in [2.45, 2.75) is 6.42 Å². The normalized spacial score (nSPS) is 15.7. The molecule has 0 saturated heterocycles. The van der Waals surface area contributed by atoms with Gasteiger partial charge in [-0.15, -0.1) is 0 Å². The van der Waals surface area contributed by atoms with Crippen molar-refractivity contribution < 1.29 is 0 Å². The predicted molar refractivity (Wildman–Crippen MR) is 49.8 cm³/mol. The molecule has 0 aliphatic carbocycles. The van der Waals surface area contributed by atoms with Crippen molar-refractivity contribution >= 4 is 17.7 Å². The predicted octanol–water partition coefficient (Wildman–Crippen LogP) is 1.86. The Kier molecular flexibility index (Phi) is 1.63. The monoisotopic (exact) mass is 159 g/mol. The third-order valence-electron chi connectivity index (χ3n) is 1.74. The highest BCUT2D eigenvalue weighted by Crippen LogP contribution is 2.17. The van der Waals surface area contributed by atoms with Gasteiger partial charge >= 0.3 is 0 Å². The summed E-state index contributed by atoms with van der Waals surface area (Å²) in [4.78, 5) is 0. The number of hydrogen-bond acceptors (Lipinski definition) is 2. The lowest BCUT2D eigenvalue weighted by molar-refractivity contribution is 1.14. The molecule has 2 rings (SSSR count). The molecule has 0 spiro atoms. The quantitative estimate of drug-likeness (QED) is 0.667. The van der Waals surface area contributed by atoms with E-state index in [1.54, 1.807) is 11.2 Å². The number of anilines is 1. The van der Waals surface area contributed by atoms with Crippen molar-refractivity contribution in [1.29, 1.82) is 5.41 Å².